The molecule has 0 heterocycles. The molecule has 0 fully saturated rings. The van der Waals surface area contributed by atoms with Gasteiger partial charge >= 0.3 is 25.6 Å². The van der Waals surface area contributed by atoms with Crippen molar-refractivity contribution in [2.45, 2.75) is 12.8 Å². The molecule has 1 aliphatic rings. The van der Waals surface area contributed by atoms with Crippen LogP contribution in [0, 0.1) is 6.08 Å². The average molecular weight is 188 g/mol. The summed E-state index contributed by atoms with van der Waals surface area (Å²) in [6.07, 6.45) is 7.50. The molecular formula is C4H5OSn. The van der Waals surface area contributed by atoms with Gasteiger partial charge in [-0.2, -0.15) is 0 Å². The van der Waals surface area contributed by atoms with E-state index in [2.05, 4.69) is 12.2 Å². The fraction of sp³-hybridized carbons (Fsp3) is 0.500. The fourth-order valence-electron chi connectivity index (χ4n) is 0.144. The van der Waals surface area contributed by atoms with Crippen LogP contribution in [0.15, 0.2) is 6.08 Å². The molecule has 31 valence electrons. The second-order valence-corrected chi connectivity index (χ2v) is 0.947. The molecule has 0 N–H and O–H groups in total. The van der Waals surface area contributed by atoms with Gasteiger partial charge in [0.25, 0.3) is 0 Å². The van der Waals surface area contributed by atoms with Crippen LogP contribution in [0.1, 0.15) is 12.8 Å². The quantitative estimate of drug-likeness (QED) is 0.509. The van der Waals surface area contributed by atoms with Gasteiger partial charge in [-0.25, -0.2) is 0 Å². The normalized spacial score (nSPS) is 14.0. The maximum atomic E-state index is 8.34. The van der Waals surface area contributed by atoms with E-state index >= 15 is 0 Å². The van der Waals surface area contributed by atoms with Crippen molar-refractivity contribution in [2.24, 2.45) is 0 Å². The third-order valence-electron chi connectivity index (χ3n) is 0.577. The zero-order valence-electron chi connectivity index (χ0n) is 3.40. The predicted molar refractivity (Wildman–Crippen MR) is 23.5 cm³/mol. The van der Waals surface area contributed by atoms with Gasteiger partial charge in [-0.1, -0.05) is 6.08 Å². The molecule has 0 amide bonds. The van der Waals surface area contributed by atoms with Gasteiger partial charge in [-0.3, -0.25) is 0 Å². The summed E-state index contributed by atoms with van der Waals surface area (Å²) < 4.78 is 8.34. The second kappa shape index (κ2) is 5.34. The molecule has 6 heavy (non-hydrogen) atoms. The Kier molecular flexibility index (Phi) is 5.64. The molecule has 3 radical (unpaired) electrons. The van der Waals surface area contributed by atoms with Crippen molar-refractivity contribution in [2.75, 3.05) is 0 Å². The van der Waals surface area contributed by atoms with Crippen LogP contribution in [-0.2, 0) is 3.08 Å². The van der Waals surface area contributed by atoms with Crippen LogP contribution in [0.3, 0.4) is 0 Å². The molecule has 1 rings (SSSR count). The Balaban J connectivity index is 0.000000112. The number of hydrogen-bond acceptors (Lipinski definition) is 1. The summed E-state index contributed by atoms with van der Waals surface area (Å²) in [5.74, 6) is 0. The Labute approximate surface area is 50.9 Å². The van der Waals surface area contributed by atoms with Crippen molar-refractivity contribution in [1.82, 2.24) is 0 Å². The summed E-state index contributed by atoms with van der Waals surface area (Å²) in [5, 5.41) is 0. The average Bonchev–Trinajstić information content (AvgIpc) is 1.36. The van der Waals surface area contributed by atoms with Crippen molar-refractivity contribution in [3.63, 3.8) is 0 Å². The summed E-state index contributed by atoms with van der Waals surface area (Å²) in [6, 6.07) is 0. The van der Waals surface area contributed by atoms with E-state index in [0.29, 0.717) is 22.5 Å². The minimum atomic E-state index is 0.300. The first-order valence-corrected chi connectivity index (χ1v) is 2.92. The van der Waals surface area contributed by atoms with Crippen molar-refractivity contribution >= 4 is 22.5 Å². The molecule has 0 atom stereocenters. The number of rotatable bonds is 0. The SMILES string of the molecule is [C]1=CCC1.[O]=[Sn]. The Bertz CT molecular complexity index is 45.5. The topological polar surface area (TPSA) is 17.1 Å². The summed E-state index contributed by atoms with van der Waals surface area (Å²) in [4.78, 5) is 0. The van der Waals surface area contributed by atoms with Gasteiger partial charge in [0.15, 0.2) is 0 Å². The molecule has 0 bridgehead atoms. The van der Waals surface area contributed by atoms with Crippen molar-refractivity contribution in [3.05, 3.63) is 12.2 Å². The Hall–Kier alpha value is 0.339. The third kappa shape index (κ3) is 2.57. The Morgan fingerprint density at radius 1 is 1.67 bits per heavy atom. The maximum absolute atomic E-state index is 8.34. The van der Waals surface area contributed by atoms with Crippen LogP contribution < -0.4 is 0 Å². The van der Waals surface area contributed by atoms with E-state index in [1.54, 1.807) is 0 Å². The van der Waals surface area contributed by atoms with Gasteiger partial charge in [0.1, 0.15) is 0 Å². The summed E-state index contributed by atoms with van der Waals surface area (Å²) in [6.45, 7) is 0. The molecule has 2 heteroatoms. The standard InChI is InChI=1S/C4H5.O.Sn/c1-2-4-3-1;;/h1H,2,4H2;;. The first-order valence-electron chi connectivity index (χ1n) is 1.75. The molecule has 0 saturated carbocycles. The molecule has 1 aliphatic carbocycles. The monoisotopic (exact) mass is 189 g/mol. The summed E-state index contributed by atoms with van der Waals surface area (Å²) in [5.41, 5.74) is 0. The second-order valence-electron chi connectivity index (χ2n) is 0.947. The van der Waals surface area contributed by atoms with Crippen molar-refractivity contribution in [1.29, 1.82) is 0 Å². The van der Waals surface area contributed by atoms with E-state index in [4.69, 9.17) is 3.08 Å². The molecule has 0 saturated heterocycles. The van der Waals surface area contributed by atoms with Gasteiger partial charge in [-0.15, -0.1) is 0 Å². The molecule has 0 aromatic carbocycles. The van der Waals surface area contributed by atoms with Crippen molar-refractivity contribution in [3.8, 4) is 0 Å². The molecule has 0 unspecified atom stereocenters. The molecule has 0 spiro atoms. The van der Waals surface area contributed by atoms with Gasteiger partial charge in [0.05, 0.1) is 0 Å². The van der Waals surface area contributed by atoms with Crippen LogP contribution in [0.4, 0.5) is 0 Å². The predicted octanol–water partition coefficient (Wildman–Crippen LogP) is 0.640. The zero-order chi connectivity index (χ0) is 4.83. The molecule has 0 aromatic heterocycles. The molecular weight excluding hydrogens is 183 g/mol. The van der Waals surface area contributed by atoms with Crippen LogP contribution >= 0.6 is 0 Å². The Morgan fingerprint density at radius 2 is 1.83 bits per heavy atom. The van der Waals surface area contributed by atoms with Gasteiger partial charge < -0.3 is 0 Å². The fourth-order valence-corrected chi connectivity index (χ4v) is 0.144. The van der Waals surface area contributed by atoms with Crippen molar-refractivity contribution < 1.29 is 3.08 Å². The van der Waals surface area contributed by atoms with Crippen LogP contribution in [-0.4, -0.2) is 22.5 Å². The minimum absolute atomic E-state index is 0.300. The van der Waals surface area contributed by atoms with E-state index in [1.807, 2.05) is 0 Å². The molecule has 0 aliphatic heterocycles. The van der Waals surface area contributed by atoms with Gasteiger partial charge in [0, 0.05) is 0 Å². The van der Waals surface area contributed by atoms with E-state index in [0.717, 1.165) is 0 Å². The van der Waals surface area contributed by atoms with Gasteiger partial charge in [0.2, 0.25) is 0 Å². The molecule has 0 aromatic rings. The third-order valence-corrected chi connectivity index (χ3v) is 0.577. The number of allylic oxidation sites excluding steroid dienone is 2. The molecule has 1 nitrogen and oxygen atoms in total. The first-order chi connectivity index (χ1) is 3.00. The van der Waals surface area contributed by atoms with E-state index in [9.17, 15) is 0 Å². The van der Waals surface area contributed by atoms with E-state index < -0.39 is 0 Å². The first kappa shape index (κ1) is 6.34. The Morgan fingerprint density at radius 3 is 1.83 bits per heavy atom. The van der Waals surface area contributed by atoms with Gasteiger partial charge in [-0.05, 0) is 18.9 Å². The van der Waals surface area contributed by atoms with E-state index in [-0.39, 0.29) is 0 Å². The van der Waals surface area contributed by atoms with E-state index in [1.165, 1.54) is 12.8 Å². The number of hydrogen-bond donors (Lipinski definition) is 0. The van der Waals surface area contributed by atoms with Crippen LogP contribution in [0.5, 0.6) is 0 Å². The zero-order valence-corrected chi connectivity index (χ0v) is 6.25. The van der Waals surface area contributed by atoms with Crippen LogP contribution in [0.2, 0.25) is 0 Å². The van der Waals surface area contributed by atoms with Crippen LogP contribution in [0.25, 0.3) is 0 Å². The summed E-state index contributed by atoms with van der Waals surface area (Å²) >= 11 is 0.300. The summed E-state index contributed by atoms with van der Waals surface area (Å²) in [7, 11) is 0.